The minimum atomic E-state index is -2.98. The fourth-order valence-corrected chi connectivity index (χ4v) is 4.03. The fraction of sp³-hybridized carbons (Fsp3) is 0.600. The Morgan fingerprint density at radius 2 is 2.05 bits per heavy atom. The summed E-state index contributed by atoms with van der Waals surface area (Å²) < 4.78 is 37.7. The van der Waals surface area contributed by atoms with Crippen molar-refractivity contribution >= 4 is 15.5 Å². The normalized spacial score (nSPS) is 22.0. The zero-order valence-corrected chi connectivity index (χ0v) is 12.8. The lowest BCUT2D eigenvalue weighted by molar-refractivity contribution is 0.596. The van der Waals surface area contributed by atoms with Crippen LogP contribution in [-0.2, 0) is 16.4 Å². The van der Waals surface area contributed by atoms with E-state index in [0.717, 1.165) is 5.56 Å². The van der Waals surface area contributed by atoms with Gasteiger partial charge in [0.1, 0.15) is 5.82 Å². The van der Waals surface area contributed by atoms with Crippen LogP contribution in [0.2, 0.25) is 0 Å². The Kier molecular flexibility index (Phi) is 4.17. The number of rotatable bonds is 4. The van der Waals surface area contributed by atoms with Crippen LogP contribution >= 0.6 is 0 Å². The molecule has 0 aromatic heterocycles. The monoisotopic (exact) mass is 312 g/mol. The number of nitrogens with zero attached hydrogens (tertiary/aromatic N) is 1. The molecule has 1 N–H and O–H groups in total. The van der Waals surface area contributed by atoms with Gasteiger partial charge in [0.2, 0.25) is 0 Å². The predicted molar refractivity (Wildman–Crippen MR) is 81.7 cm³/mol. The molecule has 0 bridgehead atoms. The van der Waals surface area contributed by atoms with Crippen LogP contribution < -0.4 is 10.2 Å². The van der Waals surface area contributed by atoms with Crippen LogP contribution in [0.3, 0.4) is 0 Å². The van der Waals surface area contributed by atoms with Gasteiger partial charge in [0.25, 0.3) is 0 Å². The SMILES string of the molecule is O=S1(=O)CCCN(c2c(F)cccc2CNC2CC2)CC1. The molecule has 0 unspecified atom stereocenters. The number of halogens is 1. The first-order valence-corrected chi connectivity index (χ1v) is 9.33. The fourth-order valence-electron chi connectivity index (χ4n) is 2.76. The zero-order chi connectivity index (χ0) is 14.9. The summed E-state index contributed by atoms with van der Waals surface area (Å²) in [6.07, 6.45) is 2.94. The topological polar surface area (TPSA) is 49.4 Å². The Bertz CT molecular complexity index is 614. The lowest BCUT2D eigenvalue weighted by Crippen LogP contribution is -2.29. The average Bonchev–Trinajstić information content (AvgIpc) is 3.25. The van der Waals surface area contributed by atoms with Crippen molar-refractivity contribution in [2.75, 3.05) is 29.5 Å². The summed E-state index contributed by atoms with van der Waals surface area (Å²) in [5.74, 6) is 0.0501. The second-order valence-corrected chi connectivity index (χ2v) is 8.20. The zero-order valence-electron chi connectivity index (χ0n) is 12.0. The lowest BCUT2D eigenvalue weighted by Gasteiger charge is -2.25. The molecule has 1 aliphatic heterocycles. The first kappa shape index (κ1) is 14.8. The highest BCUT2D eigenvalue weighted by atomic mass is 32.2. The Morgan fingerprint density at radius 3 is 2.81 bits per heavy atom. The van der Waals surface area contributed by atoms with Crippen LogP contribution in [0.1, 0.15) is 24.8 Å². The van der Waals surface area contributed by atoms with Gasteiger partial charge in [-0.1, -0.05) is 12.1 Å². The van der Waals surface area contributed by atoms with Crippen molar-refractivity contribution in [2.24, 2.45) is 0 Å². The van der Waals surface area contributed by atoms with E-state index in [9.17, 15) is 12.8 Å². The number of para-hydroxylation sites is 1. The number of benzene rings is 1. The Hall–Kier alpha value is -1.14. The van der Waals surface area contributed by atoms with Crippen molar-refractivity contribution in [1.29, 1.82) is 0 Å². The van der Waals surface area contributed by atoms with Crippen molar-refractivity contribution in [3.05, 3.63) is 29.6 Å². The maximum absolute atomic E-state index is 14.3. The van der Waals surface area contributed by atoms with Crippen LogP contribution in [-0.4, -0.2) is 39.1 Å². The van der Waals surface area contributed by atoms with Crippen molar-refractivity contribution in [1.82, 2.24) is 5.32 Å². The van der Waals surface area contributed by atoms with E-state index < -0.39 is 9.84 Å². The average molecular weight is 312 g/mol. The van der Waals surface area contributed by atoms with Gasteiger partial charge in [-0.3, -0.25) is 0 Å². The van der Waals surface area contributed by atoms with E-state index in [1.165, 1.54) is 18.9 Å². The van der Waals surface area contributed by atoms with Crippen LogP contribution in [0.25, 0.3) is 0 Å². The van der Waals surface area contributed by atoms with Gasteiger partial charge >= 0.3 is 0 Å². The van der Waals surface area contributed by atoms with E-state index in [1.54, 1.807) is 6.07 Å². The molecule has 0 amide bonds. The first-order valence-electron chi connectivity index (χ1n) is 7.51. The number of anilines is 1. The van der Waals surface area contributed by atoms with Crippen molar-refractivity contribution < 1.29 is 12.8 Å². The van der Waals surface area contributed by atoms with Crippen molar-refractivity contribution in [2.45, 2.75) is 31.8 Å². The quantitative estimate of drug-likeness (QED) is 0.919. The van der Waals surface area contributed by atoms with Gasteiger partial charge in [0.15, 0.2) is 9.84 Å². The summed E-state index contributed by atoms with van der Waals surface area (Å²) in [7, 11) is -2.98. The highest BCUT2D eigenvalue weighted by molar-refractivity contribution is 7.91. The van der Waals surface area contributed by atoms with Crippen LogP contribution in [0.4, 0.5) is 10.1 Å². The van der Waals surface area contributed by atoms with Crippen LogP contribution in [0.5, 0.6) is 0 Å². The molecule has 2 fully saturated rings. The predicted octanol–water partition coefficient (Wildman–Crippen LogP) is 1.70. The molecule has 1 aromatic carbocycles. The lowest BCUT2D eigenvalue weighted by atomic mass is 10.1. The Morgan fingerprint density at radius 1 is 1.24 bits per heavy atom. The van der Waals surface area contributed by atoms with E-state index in [2.05, 4.69) is 5.32 Å². The summed E-state index contributed by atoms with van der Waals surface area (Å²) >= 11 is 0. The molecule has 116 valence electrons. The Balaban J connectivity index is 1.81. The molecular weight excluding hydrogens is 291 g/mol. The molecule has 3 rings (SSSR count). The highest BCUT2D eigenvalue weighted by Crippen LogP contribution is 2.27. The molecule has 1 saturated heterocycles. The number of nitrogens with one attached hydrogen (secondary N) is 1. The minimum Gasteiger partial charge on any atom is -0.368 e. The summed E-state index contributed by atoms with van der Waals surface area (Å²) in [5, 5.41) is 3.40. The van der Waals surface area contributed by atoms with E-state index in [0.29, 0.717) is 37.8 Å². The molecule has 6 heteroatoms. The Labute approximate surface area is 125 Å². The van der Waals surface area contributed by atoms with Gasteiger partial charge in [0.05, 0.1) is 17.2 Å². The number of hydrogen-bond acceptors (Lipinski definition) is 4. The molecule has 1 saturated carbocycles. The third kappa shape index (κ3) is 3.74. The van der Waals surface area contributed by atoms with E-state index in [-0.39, 0.29) is 17.3 Å². The summed E-state index contributed by atoms with van der Waals surface area (Å²) in [6, 6.07) is 5.66. The molecule has 4 nitrogen and oxygen atoms in total. The molecule has 0 radical (unpaired) electrons. The van der Waals surface area contributed by atoms with Crippen LogP contribution in [0, 0.1) is 5.82 Å². The van der Waals surface area contributed by atoms with E-state index in [1.807, 2.05) is 11.0 Å². The largest absolute Gasteiger partial charge is 0.368 e. The first-order chi connectivity index (χ1) is 10.1. The standard InChI is InChI=1S/C15H21FN2O2S/c16-14-4-1-3-12(11-17-13-5-6-13)15(14)18-7-2-9-21(19,20)10-8-18/h1,3-4,13,17H,2,5-11H2. The maximum Gasteiger partial charge on any atom is 0.152 e. The number of sulfone groups is 1. The molecule has 1 heterocycles. The summed E-state index contributed by atoms with van der Waals surface area (Å²) in [6.45, 7) is 1.61. The second kappa shape index (κ2) is 5.93. The molecule has 0 atom stereocenters. The smallest absolute Gasteiger partial charge is 0.152 e. The van der Waals surface area contributed by atoms with Gasteiger partial charge in [-0.2, -0.15) is 0 Å². The van der Waals surface area contributed by atoms with Crippen LogP contribution in [0.15, 0.2) is 18.2 Å². The molecule has 2 aliphatic rings. The van der Waals surface area contributed by atoms with Gasteiger partial charge in [-0.15, -0.1) is 0 Å². The highest BCUT2D eigenvalue weighted by Gasteiger charge is 2.24. The molecule has 1 aliphatic carbocycles. The van der Waals surface area contributed by atoms with Gasteiger partial charge < -0.3 is 10.2 Å². The van der Waals surface area contributed by atoms with Crippen molar-refractivity contribution in [3.63, 3.8) is 0 Å². The summed E-state index contributed by atoms with van der Waals surface area (Å²) in [5.41, 5.74) is 1.49. The molecule has 1 aromatic rings. The second-order valence-electron chi connectivity index (χ2n) is 5.90. The van der Waals surface area contributed by atoms with Gasteiger partial charge in [0, 0.05) is 25.7 Å². The van der Waals surface area contributed by atoms with E-state index in [4.69, 9.17) is 0 Å². The molecule has 0 spiro atoms. The maximum atomic E-state index is 14.3. The third-order valence-corrected chi connectivity index (χ3v) is 5.82. The van der Waals surface area contributed by atoms with Gasteiger partial charge in [-0.25, -0.2) is 12.8 Å². The minimum absolute atomic E-state index is 0.108. The van der Waals surface area contributed by atoms with Crippen molar-refractivity contribution in [3.8, 4) is 0 Å². The van der Waals surface area contributed by atoms with Gasteiger partial charge in [-0.05, 0) is 30.9 Å². The molecular formula is C15H21FN2O2S. The molecule has 21 heavy (non-hydrogen) atoms. The third-order valence-electron chi connectivity index (χ3n) is 4.10. The number of hydrogen-bond donors (Lipinski definition) is 1. The summed E-state index contributed by atoms with van der Waals surface area (Å²) in [4.78, 5) is 1.89. The van der Waals surface area contributed by atoms with E-state index >= 15 is 0 Å².